The van der Waals surface area contributed by atoms with Gasteiger partial charge in [-0.25, -0.2) is 0 Å². The summed E-state index contributed by atoms with van der Waals surface area (Å²) in [6, 6.07) is 6.07. The molecule has 0 aromatic heterocycles. The first-order chi connectivity index (χ1) is 8.19. The minimum atomic E-state index is 0.311. The largest absolute Gasteiger partial charge is 0.497 e. The zero-order valence-corrected chi connectivity index (χ0v) is 11.0. The molecule has 0 aliphatic carbocycles. The van der Waals surface area contributed by atoms with Gasteiger partial charge in [-0.2, -0.15) is 0 Å². The zero-order valence-electron chi connectivity index (χ0n) is 10.2. The molecule has 1 aliphatic rings. The summed E-state index contributed by atoms with van der Waals surface area (Å²) in [5, 5.41) is 4.19. The highest BCUT2D eigenvalue weighted by molar-refractivity contribution is 6.33. The molecule has 0 amide bonds. The molecule has 2 unspecified atom stereocenters. The van der Waals surface area contributed by atoms with Crippen molar-refractivity contribution in [1.82, 2.24) is 0 Å². The van der Waals surface area contributed by atoms with E-state index in [9.17, 15) is 0 Å². The highest BCUT2D eigenvalue weighted by atomic mass is 35.5. The monoisotopic (exact) mass is 255 g/mol. The quantitative estimate of drug-likeness (QED) is 0.899. The first-order valence-corrected chi connectivity index (χ1v) is 6.28. The SMILES string of the molecule is COc1ccc(Cl)c(NC2CCOC(C)C2)c1. The summed E-state index contributed by atoms with van der Waals surface area (Å²) in [7, 11) is 1.66. The van der Waals surface area contributed by atoms with Crippen LogP contribution < -0.4 is 10.1 Å². The van der Waals surface area contributed by atoms with Crippen LogP contribution in [0.5, 0.6) is 5.75 Å². The Morgan fingerprint density at radius 3 is 3.00 bits per heavy atom. The van der Waals surface area contributed by atoms with Crippen LogP contribution in [-0.2, 0) is 4.74 Å². The van der Waals surface area contributed by atoms with E-state index in [4.69, 9.17) is 21.1 Å². The molecular formula is C13H18ClNO2. The fourth-order valence-corrected chi connectivity index (χ4v) is 2.26. The van der Waals surface area contributed by atoms with Crippen LogP contribution in [0.4, 0.5) is 5.69 Å². The number of ether oxygens (including phenoxy) is 2. The Labute approximate surface area is 107 Å². The van der Waals surface area contributed by atoms with E-state index in [0.717, 1.165) is 35.9 Å². The fourth-order valence-electron chi connectivity index (χ4n) is 2.09. The molecule has 94 valence electrons. The lowest BCUT2D eigenvalue weighted by atomic mass is 10.0. The molecule has 17 heavy (non-hydrogen) atoms. The number of rotatable bonds is 3. The molecule has 1 fully saturated rings. The summed E-state index contributed by atoms with van der Waals surface area (Å²) >= 11 is 6.16. The number of methoxy groups -OCH3 is 1. The zero-order chi connectivity index (χ0) is 12.3. The van der Waals surface area contributed by atoms with E-state index in [1.807, 2.05) is 18.2 Å². The molecule has 1 aromatic carbocycles. The lowest BCUT2D eigenvalue weighted by Crippen LogP contribution is -2.32. The van der Waals surface area contributed by atoms with E-state index in [-0.39, 0.29) is 0 Å². The van der Waals surface area contributed by atoms with Crippen LogP contribution in [0.3, 0.4) is 0 Å². The molecule has 1 aromatic rings. The normalized spacial score (nSPS) is 24.4. The highest BCUT2D eigenvalue weighted by Gasteiger charge is 2.19. The minimum Gasteiger partial charge on any atom is -0.497 e. The molecule has 2 atom stereocenters. The molecule has 0 spiro atoms. The molecule has 1 heterocycles. The van der Waals surface area contributed by atoms with Crippen molar-refractivity contribution in [3.63, 3.8) is 0 Å². The Kier molecular flexibility index (Phi) is 4.13. The van der Waals surface area contributed by atoms with Gasteiger partial charge in [0, 0.05) is 18.7 Å². The molecule has 0 radical (unpaired) electrons. The number of halogens is 1. The maximum absolute atomic E-state index is 6.16. The standard InChI is InChI=1S/C13H18ClNO2/c1-9-7-10(5-6-17-9)15-13-8-11(16-2)3-4-12(13)14/h3-4,8-10,15H,5-7H2,1-2H3. The third-order valence-corrected chi connectivity index (χ3v) is 3.35. The van der Waals surface area contributed by atoms with E-state index < -0.39 is 0 Å². The van der Waals surface area contributed by atoms with Gasteiger partial charge in [-0.1, -0.05) is 11.6 Å². The maximum Gasteiger partial charge on any atom is 0.121 e. The Hall–Kier alpha value is -0.930. The first kappa shape index (κ1) is 12.5. The van der Waals surface area contributed by atoms with E-state index in [1.165, 1.54) is 0 Å². The first-order valence-electron chi connectivity index (χ1n) is 5.90. The number of hydrogen-bond donors (Lipinski definition) is 1. The Morgan fingerprint density at radius 1 is 1.47 bits per heavy atom. The van der Waals surface area contributed by atoms with Crippen LogP contribution in [0.2, 0.25) is 5.02 Å². The van der Waals surface area contributed by atoms with Gasteiger partial charge in [0.1, 0.15) is 5.75 Å². The summed E-state index contributed by atoms with van der Waals surface area (Å²) in [6.45, 7) is 2.90. The Morgan fingerprint density at radius 2 is 2.29 bits per heavy atom. The molecule has 1 aliphatic heterocycles. The van der Waals surface area contributed by atoms with Crippen LogP contribution in [-0.4, -0.2) is 25.9 Å². The molecule has 0 bridgehead atoms. The van der Waals surface area contributed by atoms with Gasteiger partial charge >= 0.3 is 0 Å². The number of nitrogens with one attached hydrogen (secondary N) is 1. The van der Waals surface area contributed by atoms with Crippen molar-refractivity contribution in [2.75, 3.05) is 19.0 Å². The average molecular weight is 256 g/mol. The van der Waals surface area contributed by atoms with Crippen molar-refractivity contribution in [1.29, 1.82) is 0 Å². The van der Waals surface area contributed by atoms with Crippen molar-refractivity contribution in [2.24, 2.45) is 0 Å². The van der Waals surface area contributed by atoms with Crippen molar-refractivity contribution in [3.05, 3.63) is 23.2 Å². The second-order valence-electron chi connectivity index (χ2n) is 4.39. The molecule has 3 nitrogen and oxygen atoms in total. The van der Waals surface area contributed by atoms with Crippen LogP contribution in [0, 0.1) is 0 Å². The van der Waals surface area contributed by atoms with Gasteiger partial charge in [0.2, 0.25) is 0 Å². The molecule has 1 N–H and O–H groups in total. The Bertz CT molecular complexity index is 384. The molecule has 0 saturated carbocycles. The lowest BCUT2D eigenvalue weighted by molar-refractivity contribution is 0.0232. The molecule has 2 rings (SSSR count). The van der Waals surface area contributed by atoms with Gasteiger partial charge in [0.05, 0.1) is 23.9 Å². The van der Waals surface area contributed by atoms with Gasteiger partial charge in [0.25, 0.3) is 0 Å². The second kappa shape index (κ2) is 5.61. The summed E-state index contributed by atoms with van der Waals surface area (Å²) < 4.78 is 10.7. The average Bonchev–Trinajstić information content (AvgIpc) is 2.32. The van der Waals surface area contributed by atoms with E-state index in [2.05, 4.69) is 12.2 Å². The molecule has 4 heteroatoms. The maximum atomic E-state index is 6.16. The van der Waals surface area contributed by atoms with Gasteiger partial charge < -0.3 is 14.8 Å². The van der Waals surface area contributed by atoms with Crippen LogP contribution in [0.1, 0.15) is 19.8 Å². The van der Waals surface area contributed by atoms with Gasteiger partial charge in [-0.05, 0) is 31.9 Å². The summed E-state index contributed by atoms with van der Waals surface area (Å²) in [4.78, 5) is 0. The minimum absolute atomic E-state index is 0.311. The smallest absolute Gasteiger partial charge is 0.121 e. The van der Waals surface area contributed by atoms with Gasteiger partial charge in [-0.3, -0.25) is 0 Å². The van der Waals surface area contributed by atoms with Crippen LogP contribution in [0.15, 0.2) is 18.2 Å². The van der Waals surface area contributed by atoms with Gasteiger partial charge in [0.15, 0.2) is 0 Å². The third kappa shape index (κ3) is 3.27. The van der Waals surface area contributed by atoms with Crippen molar-refractivity contribution >= 4 is 17.3 Å². The lowest BCUT2D eigenvalue weighted by Gasteiger charge is -2.29. The predicted molar refractivity (Wildman–Crippen MR) is 70.1 cm³/mol. The summed E-state index contributed by atoms with van der Waals surface area (Å²) in [6.07, 6.45) is 2.33. The van der Waals surface area contributed by atoms with E-state index in [1.54, 1.807) is 7.11 Å². The molecular weight excluding hydrogens is 238 g/mol. The van der Waals surface area contributed by atoms with E-state index >= 15 is 0 Å². The number of anilines is 1. The Balaban J connectivity index is 2.06. The number of benzene rings is 1. The van der Waals surface area contributed by atoms with E-state index in [0.29, 0.717) is 12.1 Å². The fraction of sp³-hybridized carbons (Fsp3) is 0.538. The topological polar surface area (TPSA) is 30.5 Å². The second-order valence-corrected chi connectivity index (χ2v) is 4.80. The highest BCUT2D eigenvalue weighted by Crippen LogP contribution is 2.29. The van der Waals surface area contributed by atoms with Crippen molar-refractivity contribution < 1.29 is 9.47 Å². The number of hydrogen-bond acceptors (Lipinski definition) is 3. The van der Waals surface area contributed by atoms with Crippen LogP contribution >= 0.6 is 11.6 Å². The van der Waals surface area contributed by atoms with Gasteiger partial charge in [-0.15, -0.1) is 0 Å². The van der Waals surface area contributed by atoms with Crippen LogP contribution in [0.25, 0.3) is 0 Å². The third-order valence-electron chi connectivity index (χ3n) is 3.02. The molecule has 1 saturated heterocycles. The van der Waals surface area contributed by atoms with Crippen molar-refractivity contribution in [3.8, 4) is 5.75 Å². The van der Waals surface area contributed by atoms with Crippen molar-refractivity contribution in [2.45, 2.75) is 31.9 Å². The predicted octanol–water partition coefficient (Wildman–Crippen LogP) is 3.33. The summed E-state index contributed by atoms with van der Waals surface area (Å²) in [5.74, 6) is 0.817. The summed E-state index contributed by atoms with van der Waals surface area (Å²) in [5.41, 5.74) is 0.935.